The molecule has 0 heterocycles. The smallest absolute Gasteiger partial charge is 0.335 e. The fourth-order valence-corrected chi connectivity index (χ4v) is 2.09. The summed E-state index contributed by atoms with van der Waals surface area (Å²) in [6.07, 6.45) is 0. The van der Waals surface area contributed by atoms with Crippen molar-refractivity contribution in [1.29, 1.82) is 0 Å². The first-order valence-corrected chi connectivity index (χ1v) is 7.27. The molecule has 110 valence electrons. The van der Waals surface area contributed by atoms with Crippen LogP contribution in [-0.4, -0.2) is 24.3 Å². The molecule has 0 fully saturated rings. The van der Waals surface area contributed by atoms with Crippen LogP contribution in [0.5, 0.6) is 11.5 Å². The van der Waals surface area contributed by atoms with Crippen LogP contribution < -0.4 is 9.47 Å². The van der Waals surface area contributed by atoms with Crippen molar-refractivity contribution in [3.8, 4) is 11.5 Å². The third kappa shape index (κ3) is 4.65. The Balaban J connectivity index is 1.83. The predicted molar refractivity (Wildman–Crippen MR) is 83.5 cm³/mol. The summed E-state index contributed by atoms with van der Waals surface area (Å²) in [6, 6.07) is 11.8. The molecule has 0 saturated carbocycles. The minimum Gasteiger partial charge on any atom is -0.490 e. The molecule has 0 aliphatic carbocycles. The molecule has 2 rings (SSSR count). The number of hydrogen-bond donors (Lipinski definition) is 1. The van der Waals surface area contributed by atoms with Crippen molar-refractivity contribution in [2.75, 3.05) is 13.2 Å². The van der Waals surface area contributed by atoms with Gasteiger partial charge in [0, 0.05) is 4.47 Å². The van der Waals surface area contributed by atoms with Crippen LogP contribution in [0, 0.1) is 0 Å². The summed E-state index contributed by atoms with van der Waals surface area (Å²) in [7, 11) is 0. The number of aromatic carboxylic acids is 1. The topological polar surface area (TPSA) is 55.8 Å². The first-order chi connectivity index (χ1) is 10.1. The van der Waals surface area contributed by atoms with Crippen LogP contribution in [0.15, 0.2) is 46.9 Å². The van der Waals surface area contributed by atoms with Gasteiger partial charge in [-0.2, -0.15) is 0 Å². The van der Waals surface area contributed by atoms with Crippen LogP contribution in [0.4, 0.5) is 0 Å². The van der Waals surface area contributed by atoms with Crippen LogP contribution in [0.25, 0.3) is 0 Å². The van der Waals surface area contributed by atoms with E-state index in [1.54, 1.807) is 0 Å². The molecule has 0 aromatic heterocycles. The molecule has 0 spiro atoms. The molecule has 0 unspecified atom stereocenters. The molecule has 1 N–H and O–H groups in total. The highest BCUT2D eigenvalue weighted by atomic mass is 79.9. The molecular formula is C15H12BrClO4. The second-order valence-electron chi connectivity index (χ2n) is 4.10. The largest absolute Gasteiger partial charge is 0.490 e. The van der Waals surface area contributed by atoms with Gasteiger partial charge in [-0.3, -0.25) is 0 Å². The summed E-state index contributed by atoms with van der Waals surface area (Å²) in [5, 5.41) is 9.10. The van der Waals surface area contributed by atoms with E-state index in [-0.39, 0.29) is 10.6 Å². The number of rotatable bonds is 6. The zero-order valence-corrected chi connectivity index (χ0v) is 13.2. The Morgan fingerprint density at radius 2 is 1.76 bits per heavy atom. The number of hydrogen-bond acceptors (Lipinski definition) is 3. The fourth-order valence-electron chi connectivity index (χ4n) is 1.59. The standard InChI is InChI=1S/C15H12BrClO4/c16-11-2-4-12(5-3-11)20-7-8-21-14-6-1-10(15(18)19)9-13(14)17/h1-6,9H,7-8H2,(H,18,19). The zero-order chi connectivity index (χ0) is 15.2. The van der Waals surface area contributed by atoms with Gasteiger partial charge in [0.1, 0.15) is 24.7 Å². The van der Waals surface area contributed by atoms with Gasteiger partial charge in [-0.1, -0.05) is 27.5 Å². The maximum atomic E-state index is 10.8. The highest BCUT2D eigenvalue weighted by molar-refractivity contribution is 9.10. The molecule has 21 heavy (non-hydrogen) atoms. The number of carbonyl (C=O) groups is 1. The second kappa shape index (κ2) is 7.33. The summed E-state index contributed by atoms with van der Waals surface area (Å²) in [6.45, 7) is 0.668. The van der Waals surface area contributed by atoms with Crippen LogP contribution >= 0.6 is 27.5 Å². The van der Waals surface area contributed by atoms with Crippen molar-refractivity contribution in [2.45, 2.75) is 0 Å². The number of carboxylic acid groups (broad SMARTS) is 1. The van der Waals surface area contributed by atoms with Gasteiger partial charge in [0.25, 0.3) is 0 Å². The van der Waals surface area contributed by atoms with Gasteiger partial charge in [0.15, 0.2) is 0 Å². The third-order valence-corrected chi connectivity index (χ3v) is 3.43. The SMILES string of the molecule is O=C(O)c1ccc(OCCOc2ccc(Br)cc2)c(Cl)c1. The molecule has 0 atom stereocenters. The lowest BCUT2D eigenvalue weighted by Crippen LogP contribution is -2.09. The van der Waals surface area contributed by atoms with E-state index in [4.69, 9.17) is 26.2 Å². The van der Waals surface area contributed by atoms with E-state index in [0.717, 1.165) is 10.2 Å². The lowest BCUT2D eigenvalue weighted by Gasteiger charge is -2.10. The Morgan fingerprint density at radius 3 is 2.38 bits per heavy atom. The van der Waals surface area contributed by atoms with E-state index < -0.39 is 5.97 Å². The Hall–Kier alpha value is -1.72. The number of ether oxygens (including phenoxy) is 2. The van der Waals surface area contributed by atoms with E-state index in [1.165, 1.54) is 18.2 Å². The van der Waals surface area contributed by atoms with Crippen LogP contribution in [0.1, 0.15) is 10.4 Å². The van der Waals surface area contributed by atoms with Gasteiger partial charge in [-0.15, -0.1) is 0 Å². The molecule has 4 nitrogen and oxygen atoms in total. The summed E-state index contributed by atoms with van der Waals surface area (Å²) in [4.78, 5) is 10.8. The van der Waals surface area contributed by atoms with Crippen molar-refractivity contribution >= 4 is 33.5 Å². The molecular weight excluding hydrogens is 360 g/mol. The van der Waals surface area contributed by atoms with Crippen molar-refractivity contribution in [3.05, 3.63) is 57.5 Å². The van der Waals surface area contributed by atoms with Gasteiger partial charge in [0.05, 0.1) is 10.6 Å². The van der Waals surface area contributed by atoms with E-state index in [9.17, 15) is 4.79 Å². The minimum absolute atomic E-state index is 0.124. The average molecular weight is 372 g/mol. The summed E-state index contributed by atoms with van der Waals surface area (Å²) < 4.78 is 11.9. The van der Waals surface area contributed by atoms with E-state index in [0.29, 0.717) is 19.0 Å². The van der Waals surface area contributed by atoms with E-state index in [2.05, 4.69) is 15.9 Å². The zero-order valence-electron chi connectivity index (χ0n) is 10.9. The van der Waals surface area contributed by atoms with Gasteiger partial charge in [-0.05, 0) is 42.5 Å². The first-order valence-electron chi connectivity index (χ1n) is 6.10. The number of carboxylic acids is 1. The maximum absolute atomic E-state index is 10.8. The number of benzene rings is 2. The molecule has 0 bridgehead atoms. The predicted octanol–water partition coefficient (Wildman–Crippen LogP) is 4.26. The van der Waals surface area contributed by atoms with Crippen LogP contribution in [0.3, 0.4) is 0 Å². The lowest BCUT2D eigenvalue weighted by molar-refractivity contribution is 0.0697. The third-order valence-electron chi connectivity index (χ3n) is 2.60. The van der Waals surface area contributed by atoms with Crippen molar-refractivity contribution < 1.29 is 19.4 Å². The van der Waals surface area contributed by atoms with Gasteiger partial charge in [0.2, 0.25) is 0 Å². The van der Waals surface area contributed by atoms with E-state index >= 15 is 0 Å². The molecule has 0 aliphatic rings. The first kappa shape index (κ1) is 15.7. The lowest BCUT2D eigenvalue weighted by atomic mass is 10.2. The highest BCUT2D eigenvalue weighted by Gasteiger charge is 2.07. The Bertz CT molecular complexity index is 628. The Labute approximate surface area is 135 Å². The Kier molecular flexibility index (Phi) is 5.47. The van der Waals surface area contributed by atoms with Gasteiger partial charge in [-0.25, -0.2) is 4.79 Å². The molecule has 6 heteroatoms. The summed E-state index contributed by atoms with van der Waals surface area (Å²) in [5.74, 6) is 0.150. The van der Waals surface area contributed by atoms with Crippen molar-refractivity contribution in [3.63, 3.8) is 0 Å². The summed E-state index contributed by atoms with van der Waals surface area (Å²) in [5.41, 5.74) is 0.124. The van der Waals surface area contributed by atoms with Gasteiger partial charge < -0.3 is 14.6 Å². The van der Waals surface area contributed by atoms with Gasteiger partial charge >= 0.3 is 5.97 Å². The highest BCUT2D eigenvalue weighted by Crippen LogP contribution is 2.25. The fraction of sp³-hybridized carbons (Fsp3) is 0.133. The molecule has 0 amide bonds. The molecule has 2 aromatic carbocycles. The minimum atomic E-state index is -1.03. The number of halogens is 2. The monoisotopic (exact) mass is 370 g/mol. The average Bonchev–Trinajstić information content (AvgIpc) is 2.46. The molecule has 0 aliphatic heterocycles. The molecule has 0 radical (unpaired) electrons. The van der Waals surface area contributed by atoms with Crippen LogP contribution in [-0.2, 0) is 0 Å². The maximum Gasteiger partial charge on any atom is 0.335 e. The van der Waals surface area contributed by atoms with E-state index in [1.807, 2.05) is 24.3 Å². The van der Waals surface area contributed by atoms with Crippen molar-refractivity contribution in [2.24, 2.45) is 0 Å². The second-order valence-corrected chi connectivity index (χ2v) is 5.42. The van der Waals surface area contributed by atoms with Crippen molar-refractivity contribution in [1.82, 2.24) is 0 Å². The summed E-state index contributed by atoms with van der Waals surface area (Å²) >= 11 is 9.30. The Morgan fingerprint density at radius 1 is 1.10 bits per heavy atom. The molecule has 0 saturated heterocycles. The van der Waals surface area contributed by atoms with Crippen LogP contribution in [0.2, 0.25) is 5.02 Å². The quantitative estimate of drug-likeness (QED) is 0.771. The normalized spacial score (nSPS) is 10.2. The molecule has 2 aromatic rings.